The van der Waals surface area contributed by atoms with E-state index >= 15 is 4.39 Å². The van der Waals surface area contributed by atoms with Gasteiger partial charge in [0.05, 0.1) is 24.0 Å². The number of carbonyl (C=O) groups excluding carboxylic acids is 1. The lowest BCUT2D eigenvalue weighted by Crippen LogP contribution is -2.45. The second kappa shape index (κ2) is 9.03. The number of piperidine rings is 1. The molecule has 1 fully saturated rings. The molecule has 0 spiro atoms. The first kappa shape index (κ1) is 23.6. The number of carbonyl (C=O) groups is 1. The van der Waals surface area contributed by atoms with Crippen LogP contribution < -0.4 is 0 Å². The van der Waals surface area contributed by atoms with Gasteiger partial charge in [-0.3, -0.25) is 4.98 Å². The summed E-state index contributed by atoms with van der Waals surface area (Å²) in [5, 5.41) is 14.9. The number of hydrogen-bond donors (Lipinski definition) is 0. The van der Waals surface area contributed by atoms with Gasteiger partial charge in [0.1, 0.15) is 11.3 Å². The van der Waals surface area contributed by atoms with Gasteiger partial charge in [-0.1, -0.05) is 5.21 Å². The summed E-state index contributed by atoms with van der Waals surface area (Å²) >= 11 is 0. The first-order chi connectivity index (χ1) is 16.0. The summed E-state index contributed by atoms with van der Waals surface area (Å²) in [7, 11) is 0. The quantitative estimate of drug-likeness (QED) is 0.542. The van der Waals surface area contributed by atoms with E-state index in [0.29, 0.717) is 11.3 Å². The van der Waals surface area contributed by atoms with Crippen molar-refractivity contribution in [2.75, 3.05) is 13.1 Å². The van der Waals surface area contributed by atoms with Gasteiger partial charge < -0.3 is 14.1 Å². The standard InChI is InChI=1S/C21H24F3N7O3/c1-20(2,3)34-19(32)30-8-6-21(24,7-9-30)15-12-31(29-26-15)11-14-5-4-13(10-25-14)17-27-28-18(33-17)16(22)23/h4-5,10,12,16H,6-9,11H2,1-3H3. The number of amides is 1. The lowest BCUT2D eigenvalue weighted by molar-refractivity contribution is 0.00123. The third-order valence-corrected chi connectivity index (χ3v) is 5.23. The van der Waals surface area contributed by atoms with E-state index in [9.17, 15) is 13.6 Å². The predicted molar refractivity (Wildman–Crippen MR) is 111 cm³/mol. The average Bonchev–Trinajstić information content (AvgIpc) is 3.44. The summed E-state index contributed by atoms with van der Waals surface area (Å²) in [6, 6.07) is 3.25. The minimum absolute atomic E-state index is 0.0607. The Morgan fingerprint density at radius 3 is 2.53 bits per heavy atom. The van der Waals surface area contributed by atoms with Gasteiger partial charge in [-0.15, -0.1) is 15.3 Å². The molecule has 0 aliphatic carbocycles. The molecule has 0 unspecified atom stereocenters. The Labute approximate surface area is 193 Å². The van der Waals surface area contributed by atoms with Gasteiger partial charge in [0.15, 0.2) is 5.67 Å². The van der Waals surface area contributed by atoms with Crippen LogP contribution in [0.3, 0.4) is 0 Å². The predicted octanol–water partition coefficient (Wildman–Crippen LogP) is 3.90. The first-order valence-electron chi connectivity index (χ1n) is 10.7. The highest BCUT2D eigenvalue weighted by Gasteiger charge is 2.40. The molecule has 0 radical (unpaired) electrons. The molecule has 0 saturated carbocycles. The van der Waals surface area contributed by atoms with Crippen molar-refractivity contribution < 1.29 is 27.1 Å². The van der Waals surface area contributed by atoms with Crippen molar-refractivity contribution >= 4 is 6.09 Å². The van der Waals surface area contributed by atoms with Crippen LogP contribution in [0.4, 0.5) is 18.0 Å². The molecule has 13 heteroatoms. The molecule has 0 bridgehead atoms. The number of rotatable bonds is 5. The SMILES string of the molecule is CC(C)(C)OC(=O)N1CCC(F)(c2cn(Cc3ccc(-c4nnc(C(F)F)o4)cn3)nn2)CC1. The van der Waals surface area contributed by atoms with Crippen LogP contribution in [0.5, 0.6) is 0 Å². The van der Waals surface area contributed by atoms with E-state index in [-0.39, 0.29) is 44.1 Å². The Morgan fingerprint density at radius 2 is 1.94 bits per heavy atom. The van der Waals surface area contributed by atoms with Gasteiger partial charge in [0.2, 0.25) is 5.89 Å². The van der Waals surface area contributed by atoms with Crippen molar-refractivity contribution in [2.24, 2.45) is 0 Å². The molecule has 3 aromatic heterocycles. The Kier molecular flexibility index (Phi) is 6.28. The molecule has 1 amide bonds. The zero-order chi connectivity index (χ0) is 24.5. The van der Waals surface area contributed by atoms with Crippen LogP contribution >= 0.6 is 0 Å². The van der Waals surface area contributed by atoms with Crippen LogP contribution in [0, 0.1) is 0 Å². The monoisotopic (exact) mass is 479 g/mol. The Hall–Kier alpha value is -3.51. The summed E-state index contributed by atoms with van der Waals surface area (Å²) < 4.78 is 52.5. The fraction of sp³-hybridized carbons (Fsp3) is 0.524. The van der Waals surface area contributed by atoms with Crippen molar-refractivity contribution in [3.8, 4) is 11.5 Å². The molecule has 1 aliphatic rings. The van der Waals surface area contributed by atoms with Crippen LogP contribution in [-0.4, -0.2) is 59.9 Å². The highest BCUT2D eigenvalue weighted by Crippen LogP contribution is 2.36. The minimum atomic E-state index is -2.85. The second-order valence-electron chi connectivity index (χ2n) is 9.02. The van der Waals surface area contributed by atoms with E-state index < -0.39 is 29.7 Å². The summed E-state index contributed by atoms with van der Waals surface area (Å²) in [5.41, 5.74) is -1.15. The number of pyridine rings is 1. The normalized spacial score (nSPS) is 16.1. The van der Waals surface area contributed by atoms with Crippen molar-refractivity contribution in [2.45, 2.75) is 57.9 Å². The molecule has 0 atom stereocenters. The summed E-state index contributed by atoms with van der Waals surface area (Å²) in [4.78, 5) is 17.9. The van der Waals surface area contributed by atoms with Gasteiger partial charge in [0, 0.05) is 32.1 Å². The maximum absolute atomic E-state index is 15.5. The summed E-state index contributed by atoms with van der Waals surface area (Å²) in [6.45, 7) is 5.99. The van der Waals surface area contributed by atoms with Crippen LogP contribution in [0.25, 0.3) is 11.5 Å². The van der Waals surface area contributed by atoms with Crippen molar-refractivity contribution in [3.63, 3.8) is 0 Å². The van der Waals surface area contributed by atoms with E-state index in [1.54, 1.807) is 32.9 Å². The third-order valence-electron chi connectivity index (χ3n) is 5.23. The number of alkyl halides is 3. The van der Waals surface area contributed by atoms with Crippen LogP contribution in [0.2, 0.25) is 0 Å². The molecule has 34 heavy (non-hydrogen) atoms. The van der Waals surface area contributed by atoms with Crippen LogP contribution in [0.1, 0.15) is 57.3 Å². The lowest BCUT2D eigenvalue weighted by Gasteiger charge is -2.35. The topological polar surface area (TPSA) is 112 Å². The highest BCUT2D eigenvalue weighted by molar-refractivity contribution is 5.68. The zero-order valence-corrected chi connectivity index (χ0v) is 18.9. The number of aromatic nitrogens is 6. The number of likely N-dealkylation sites (tertiary alicyclic amines) is 1. The molecule has 10 nitrogen and oxygen atoms in total. The van der Waals surface area contributed by atoms with Gasteiger partial charge >= 0.3 is 12.5 Å². The first-order valence-corrected chi connectivity index (χ1v) is 10.7. The third kappa shape index (κ3) is 5.34. The van der Waals surface area contributed by atoms with E-state index in [1.165, 1.54) is 22.0 Å². The van der Waals surface area contributed by atoms with E-state index in [1.807, 2.05) is 0 Å². The number of ether oxygens (including phenoxy) is 1. The summed E-state index contributed by atoms with van der Waals surface area (Å²) in [5.74, 6) is -0.819. The van der Waals surface area contributed by atoms with Gasteiger partial charge in [-0.2, -0.15) is 8.78 Å². The number of nitrogens with zero attached hydrogens (tertiary/aromatic N) is 7. The summed E-state index contributed by atoms with van der Waals surface area (Å²) in [6.07, 6.45) is -0.201. The van der Waals surface area contributed by atoms with E-state index in [4.69, 9.17) is 9.15 Å². The number of halogens is 3. The van der Waals surface area contributed by atoms with Crippen molar-refractivity contribution in [1.29, 1.82) is 0 Å². The molecule has 4 rings (SSSR count). The fourth-order valence-electron chi connectivity index (χ4n) is 3.46. The second-order valence-corrected chi connectivity index (χ2v) is 9.02. The minimum Gasteiger partial charge on any atom is -0.444 e. The van der Waals surface area contributed by atoms with E-state index in [0.717, 1.165) is 0 Å². The molecule has 182 valence electrons. The Balaban J connectivity index is 1.36. The maximum atomic E-state index is 15.5. The van der Waals surface area contributed by atoms with Crippen LogP contribution in [0.15, 0.2) is 28.9 Å². The smallest absolute Gasteiger partial charge is 0.410 e. The molecule has 3 aromatic rings. The molecule has 1 saturated heterocycles. The van der Waals surface area contributed by atoms with Gasteiger partial charge in [-0.25, -0.2) is 13.9 Å². The highest BCUT2D eigenvalue weighted by atomic mass is 19.3. The van der Waals surface area contributed by atoms with E-state index in [2.05, 4.69) is 25.5 Å². The molecule has 0 N–H and O–H groups in total. The molecule has 4 heterocycles. The Bertz CT molecular complexity index is 1130. The van der Waals surface area contributed by atoms with Crippen LogP contribution in [-0.2, 0) is 17.0 Å². The average molecular weight is 479 g/mol. The fourth-order valence-corrected chi connectivity index (χ4v) is 3.46. The molecular weight excluding hydrogens is 455 g/mol. The Morgan fingerprint density at radius 1 is 1.21 bits per heavy atom. The van der Waals surface area contributed by atoms with Crippen molar-refractivity contribution in [3.05, 3.63) is 41.8 Å². The number of hydrogen-bond acceptors (Lipinski definition) is 8. The molecule has 0 aromatic carbocycles. The van der Waals surface area contributed by atoms with Gasteiger partial charge in [0.25, 0.3) is 5.89 Å². The largest absolute Gasteiger partial charge is 0.444 e. The van der Waals surface area contributed by atoms with Crippen molar-refractivity contribution in [1.82, 2.24) is 35.1 Å². The van der Waals surface area contributed by atoms with Gasteiger partial charge in [-0.05, 0) is 32.9 Å². The maximum Gasteiger partial charge on any atom is 0.410 e. The molecule has 1 aliphatic heterocycles. The zero-order valence-electron chi connectivity index (χ0n) is 18.9. The molecular formula is C21H24F3N7O3. The lowest BCUT2D eigenvalue weighted by atomic mass is 9.90.